The zero-order valence-electron chi connectivity index (χ0n) is 9.91. The number of anilines is 1. The van der Waals surface area contributed by atoms with Gasteiger partial charge in [-0.3, -0.25) is 0 Å². The van der Waals surface area contributed by atoms with Crippen LogP contribution in [-0.4, -0.2) is 0 Å². The van der Waals surface area contributed by atoms with Crippen molar-refractivity contribution in [3.8, 4) is 11.5 Å². The lowest BCUT2D eigenvalue weighted by molar-refractivity contribution is 0.483. The molecule has 0 fully saturated rings. The van der Waals surface area contributed by atoms with Crippen LogP contribution in [0.25, 0.3) is 0 Å². The van der Waals surface area contributed by atoms with Crippen LogP contribution in [0.4, 0.5) is 5.69 Å². The second-order valence-electron chi connectivity index (χ2n) is 3.91. The first-order chi connectivity index (χ1) is 8.60. The molecule has 0 bridgehead atoms. The van der Waals surface area contributed by atoms with Crippen molar-refractivity contribution in [1.29, 1.82) is 0 Å². The maximum absolute atomic E-state index is 6.16. The van der Waals surface area contributed by atoms with Crippen molar-refractivity contribution < 1.29 is 4.74 Å². The van der Waals surface area contributed by atoms with Crippen LogP contribution in [0.3, 0.4) is 0 Å². The summed E-state index contributed by atoms with van der Waals surface area (Å²) in [5, 5.41) is 1.02. The Labute approximate surface area is 116 Å². The highest BCUT2D eigenvalue weighted by Crippen LogP contribution is 2.37. The van der Waals surface area contributed by atoms with Crippen LogP contribution >= 0.6 is 23.2 Å². The van der Waals surface area contributed by atoms with Gasteiger partial charge in [-0.1, -0.05) is 30.1 Å². The number of rotatable bonds is 3. The molecule has 2 aromatic rings. The fourth-order valence-corrected chi connectivity index (χ4v) is 2.18. The molecule has 0 spiro atoms. The lowest BCUT2D eigenvalue weighted by atomic mass is 10.1. The molecule has 4 heteroatoms. The highest BCUT2D eigenvalue weighted by molar-refractivity contribution is 6.37. The fraction of sp³-hybridized carbons (Fsp3) is 0.143. The number of nitrogen functional groups attached to an aromatic ring is 1. The number of nitrogens with two attached hydrogens (primary N) is 1. The Balaban J connectivity index is 2.31. The molecule has 18 heavy (non-hydrogen) atoms. The Hall–Kier alpha value is -1.38. The van der Waals surface area contributed by atoms with Crippen LogP contribution in [0.5, 0.6) is 11.5 Å². The summed E-state index contributed by atoms with van der Waals surface area (Å²) < 4.78 is 5.67. The lowest BCUT2D eigenvalue weighted by Gasteiger charge is -2.11. The van der Waals surface area contributed by atoms with Crippen LogP contribution in [0, 0.1) is 0 Å². The van der Waals surface area contributed by atoms with E-state index in [0.29, 0.717) is 27.2 Å². The minimum atomic E-state index is 0.473. The van der Waals surface area contributed by atoms with Gasteiger partial charge in [0.05, 0.1) is 10.0 Å². The number of halogens is 2. The highest BCUT2D eigenvalue weighted by Gasteiger charge is 2.10. The molecular weight excluding hydrogens is 269 g/mol. The number of benzene rings is 2. The molecule has 0 atom stereocenters. The summed E-state index contributed by atoms with van der Waals surface area (Å²) in [6, 6.07) is 10.8. The molecule has 0 aromatic heterocycles. The number of hydrogen-bond acceptors (Lipinski definition) is 2. The summed E-state index contributed by atoms with van der Waals surface area (Å²) in [6.45, 7) is 2.04. The second kappa shape index (κ2) is 5.51. The van der Waals surface area contributed by atoms with Crippen molar-refractivity contribution in [2.24, 2.45) is 0 Å². The van der Waals surface area contributed by atoms with E-state index in [2.05, 4.69) is 0 Å². The van der Waals surface area contributed by atoms with Gasteiger partial charge in [0.25, 0.3) is 0 Å². The topological polar surface area (TPSA) is 35.2 Å². The molecule has 2 rings (SSSR count). The molecule has 0 radical (unpaired) electrons. The summed E-state index contributed by atoms with van der Waals surface area (Å²) in [7, 11) is 0. The van der Waals surface area contributed by atoms with Crippen molar-refractivity contribution in [2.45, 2.75) is 13.3 Å². The zero-order chi connectivity index (χ0) is 13.1. The normalized spacial score (nSPS) is 10.4. The Morgan fingerprint density at radius 2 is 1.61 bits per heavy atom. The van der Waals surface area contributed by atoms with Gasteiger partial charge in [0, 0.05) is 5.69 Å². The van der Waals surface area contributed by atoms with E-state index < -0.39 is 0 Å². The number of hydrogen-bond donors (Lipinski definition) is 1. The first-order valence-electron chi connectivity index (χ1n) is 5.61. The minimum Gasteiger partial charge on any atom is -0.454 e. The van der Waals surface area contributed by atoms with Crippen molar-refractivity contribution in [2.75, 3.05) is 5.73 Å². The SMILES string of the molecule is CCc1cc(Cl)c(Oc2ccc(N)cc2)c(Cl)c1. The van der Waals surface area contributed by atoms with E-state index in [1.165, 1.54) is 0 Å². The second-order valence-corrected chi connectivity index (χ2v) is 4.73. The van der Waals surface area contributed by atoms with E-state index in [-0.39, 0.29) is 0 Å². The van der Waals surface area contributed by atoms with Crippen LogP contribution < -0.4 is 10.5 Å². The van der Waals surface area contributed by atoms with Crippen LogP contribution in [0.1, 0.15) is 12.5 Å². The van der Waals surface area contributed by atoms with Crippen LogP contribution in [-0.2, 0) is 6.42 Å². The van der Waals surface area contributed by atoms with Crippen molar-refractivity contribution in [3.63, 3.8) is 0 Å². The van der Waals surface area contributed by atoms with E-state index >= 15 is 0 Å². The molecule has 94 valence electrons. The predicted molar refractivity (Wildman–Crippen MR) is 76.8 cm³/mol. The third kappa shape index (κ3) is 2.89. The van der Waals surface area contributed by atoms with E-state index in [0.717, 1.165) is 12.0 Å². The Bertz CT molecular complexity index is 529. The predicted octanol–water partition coefficient (Wildman–Crippen LogP) is 4.93. The van der Waals surface area contributed by atoms with Crippen molar-refractivity contribution >= 4 is 28.9 Å². The average molecular weight is 282 g/mol. The summed E-state index contributed by atoms with van der Waals surface area (Å²) >= 11 is 12.3. The monoisotopic (exact) mass is 281 g/mol. The zero-order valence-corrected chi connectivity index (χ0v) is 11.4. The van der Waals surface area contributed by atoms with Crippen molar-refractivity contribution in [1.82, 2.24) is 0 Å². The molecular formula is C14H13Cl2NO. The first kappa shape index (κ1) is 13.1. The standard InChI is InChI=1S/C14H13Cl2NO/c1-2-9-7-12(15)14(13(16)8-9)18-11-5-3-10(17)4-6-11/h3-8H,2,17H2,1H3. The molecule has 0 aliphatic rings. The van der Waals surface area contributed by atoms with Gasteiger partial charge in [0.2, 0.25) is 0 Å². The molecule has 0 heterocycles. The Morgan fingerprint density at radius 1 is 1.06 bits per heavy atom. The van der Waals surface area contributed by atoms with Gasteiger partial charge in [-0.05, 0) is 48.4 Å². The summed E-state index contributed by atoms with van der Waals surface area (Å²) in [6.07, 6.45) is 0.877. The molecule has 2 N–H and O–H groups in total. The summed E-state index contributed by atoms with van der Waals surface area (Å²) in [5.74, 6) is 1.12. The van der Waals surface area contributed by atoms with Gasteiger partial charge >= 0.3 is 0 Å². The van der Waals surface area contributed by atoms with E-state index in [1.807, 2.05) is 19.1 Å². The third-order valence-corrected chi connectivity index (χ3v) is 3.13. The highest BCUT2D eigenvalue weighted by atomic mass is 35.5. The first-order valence-corrected chi connectivity index (χ1v) is 6.37. The van der Waals surface area contributed by atoms with E-state index in [4.69, 9.17) is 33.7 Å². The molecule has 0 amide bonds. The summed E-state index contributed by atoms with van der Waals surface area (Å²) in [5.41, 5.74) is 7.37. The van der Waals surface area contributed by atoms with Gasteiger partial charge in [-0.15, -0.1) is 0 Å². The lowest BCUT2D eigenvalue weighted by Crippen LogP contribution is -1.90. The molecule has 0 aliphatic heterocycles. The van der Waals surface area contributed by atoms with Gasteiger partial charge in [-0.2, -0.15) is 0 Å². The van der Waals surface area contributed by atoms with Crippen LogP contribution in [0.15, 0.2) is 36.4 Å². The minimum absolute atomic E-state index is 0.473. The van der Waals surface area contributed by atoms with E-state index in [9.17, 15) is 0 Å². The molecule has 0 aliphatic carbocycles. The Kier molecular flexibility index (Phi) is 4.00. The molecule has 0 unspecified atom stereocenters. The van der Waals surface area contributed by atoms with E-state index in [1.54, 1.807) is 24.3 Å². The Morgan fingerprint density at radius 3 is 2.11 bits per heavy atom. The van der Waals surface area contributed by atoms with Gasteiger partial charge in [-0.25, -0.2) is 0 Å². The third-order valence-electron chi connectivity index (χ3n) is 2.57. The van der Waals surface area contributed by atoms with Crippen molar-refractivity contribution in [3.05, 3.63) is 52.0 Å². The maximum Gasteiger partial charge on any atom is 0.164 e. The summed E-state index contributed by atoms with van der Waals surface area (Å²) in [4.78, 5) is 0. The molecule has 0 saturated heterocycles. The number of aryl methyl sites for hydroxylation is 1. The quantitative estimate of drug-likeness (QED) is 0.810. The van der Waals surface area contributed by atoms with Gasteiger partial charge < -0.3 is 10.5 Å². The molecule has 2 aromatic carbocycles. The largest absolute Gasteiger partial charge is 0.454 e. The smallest absolute Gasteiger partial charge is 0.164 e. The number of ether oxygens (including phenoxy) is 1. The molecule has 0 saturated carbocycles. The average Bonchev–Trinajstić information content (AvgIpc) is 2.35. The molecule has 2 nitrogen and oxygen atoms in total. The van der Waals surface area contributed by atoms with Crippen LogP contribution in [0.2, 0.25) is 10.0 Å². The maximum atomic E-state index is 6.16. The van der Waals surface area contributed by atoms with Gasteiger partial charge in [0.15, 0.2) is 5.75 Å². The fourth-order valence-electron chi connectivity index (χ4n) is 1.57. The van der Waals surface area contributed by atoms with Gasteiger partial charge in [0.1, 0.15) is 5.75 Å².